The Morgan fingerprint density at radius 2 is 2.00 bits per heavy atom. The minimum Gasteiger partial charge on any atom is -0.495 e. The summed E-state index contributed by atoms with van der Waals surface area (Å²) in [5.41, 5.74) is 5.44. The lowest BCUT2D eigenvalue weighted by Crippen LogP contribution is -2.52. The molecule has 1 atom stereocenters. The Balaban J connectivity index is 3.06. The van der Waals surface area contributed by atoms with Crippen LogP contribution in [0.25, 0.3) is 0 Å². The number of primary amides is 1. The van der Waals surface area contributed by atoms with E-state index in [4.69, 9.17) is 10.5 Å². The van der Waals surface area contributed by atoms with Crippen LogP contribution in [0.15, 0.2) is 24.3 Å². The van der Waals surface area contributed by atoms with E-state index in [0.717, 1.165) is 5.69 Å². The topological polar surface area (TPSA) is 64.3 Å². The molecule has 1 unspecified atom stereocenters. The zero-order valence-electron chi connectivity index (χ0n) is 10.8. The van der Waals surface area contributed by atoms with Gasteiger partial charge in [-0.25, -0.2) is 0 Å². The van der Waals surface area contributed by atoms with Crippen molar-refractivity contribution in [3.8, 4) is 5.75 Å². The van der Waals surface area contributed by atoms with E-state index in [9.17, 15) is 4.79 Å². The molecule has 0 aliphatic carbocycles. The average Bonchev–Trinajstić information content (AvgIpc) is 2.29. The van der Waals surface area contributed by atoms with Gasteiger partial charge in [-0.05, 0) is 25.0 Å². The van der Waals surface area contributed by atoms with Crippen molar-refractivity contribution in [2.45, 2.75) is 26.3 Å². The second-order valence-electron chi connectivity index (χ2n) is 4.55. The van der Waals surface area contributed by atoms with Crippen LogP contribution in [0.2, 0.25) is 0 Å². The molecular weight excluding hydrogens is 216 g/mol. The number of hydrogen-bond acceptors (Lipinski definition) is 3. The minimum atomic E-state index is -0.797. The summed E-state index contributed by atoms with van der Waals surface area (Å²) in [4.78, 5) is 11.6. The van der Waals surface area contributed by atoms with Crippen molar-refractivity contribution >= 4 is 11.6 Å². The van der Waals surface area contributed by atoms with Crippen LogP contribution in [0.5, 0.6) is 5.75 Å². The number of nitrogens with one attached hydrogen (secondary N) is 1. The Morgan fingerprint density at radius 3 is 2.47 bits per heavy atom. The van der Waals surface area contributed by atoms with Gasteiger partial charge in [-0.1, -0.05) is 26.0 Å². The molecule has 0 aromatic heterocycles. The number of hydrogen-bond donors (Lipinski definition) is 2. The molecule has 0 heterocycles. The van der Waals surface area contributed by atoms with E-state index in [2.05, 4.69) is 5.32 Å². The maximum Gasteiger partial charge on any atom is 0.243 e. The second-order valence-corrected chi connectivity index (χ2v) is 4.55. The number of anilines is 1. The summed E-state index contributed by atoms with van der Waals surface area (Å²) in [7, 11) is 1.59. The molecule has 4 heteroatoms. The quantitative estimate of drug-likeness (QED) is 0.822. The fourth-order valence-electron chi connectivity index (χ4n) is 1.52. The Morgan fingerprint density at radius 1 is 1.41 bits per heavy atom. The SMILES string of the molecule is COc1ccccc1NC(C)(C(N)=O)C(C)C. The van der Waals surface area contributed by atoms with Crippen LogP contribution in [-0.4, -0.2) is 18.6 Å². The Labute approximate surface area is 102 Å². The lowest BCUT2D eigenvalue weighted by atomic mass is 9.87. The summed E-state index contributed by atoms with van der Waals surface area (Å²) in [6, 6.07) is 7.46. The van der Waals surface area contributed by atoms with Crippen molar-refractivity contribution in [2.24, 2.45) is 11.7 Å². The van der Waals surface area contributed by atoms with Crippen LogP contribution in [0, 0.1) is 5.92 Å². The van der Waals surface area contributed by atoms with E-state index in [0.29, 0.717) is 5.75 Å². The molecule has 1 aromatic carbocycles. The van der Waals surface area contributed by atoms with Crippen molar-refractivity contribution in [3.05, 3.63) is 24.3 Å². The highest BCUT2D eigenvalue weighted by Crippen LogP contribution is 2.29. The van der Waals surface area contributed by atoms with Crippen LogP contribution in [0.1, 0.15) is 20.8 Å². The molecule has 1 amide bonds. The molecule has 0 bridgehead atoms. The van der Waals surface area contributed by atoms with Crippen LogP contribution < -0.4 is 15.8 Å². The van der Waals surface area contributed by atoms with Crippen molar-refractivity contribution in [1.82, 2.24) is 0 Å². The third-order valence-electron chi connectivity index (χ3n) is 3.17. The van der Waals surface area contributed by atoms with E-state index in [1.54, 1.807) is 14.0 Å². The van der Waals surface area contributed by atoms with E-state index in [-0.39, 0.29) is 11.8 Å². The molecule has 0 aliphatic rings. The molecule has 0 fully saturated rings. The van der Waals surface area contributed by atoms with Gasteiger partial charge in [0, 0.05) is 0 Å². The molecule has 0 saturated carbocycles. The summed E-state index contributed by atoms with van der Waals surface area (Å²) in [6.45, 7) is 5.70. The zero-order chi connectivity index (χ0) is 13.1. The van der Waals surface area contributed by atoms with E-state index < -0.39 is 5.54 Å². The third-order valence-corrected chi connectivity index (χ3v) is 3.17. The van der Waals surface area contributed by atoms with Crippen LogP contribution in [0.3, 0.4) is 0 Å². The molecule has 17 heavy (non-hydrogen) atoms. The Kier molecular flexibility index (Phi) is 3.99. The van der Waals surface area contributed by atoms with Gasteiger partial charge in [-0.15, -0.1) is 0 Å². The lowest BCUT2D eigenvalue weighted by Gasteiger charge is -2.33. The molecule has 94 valence electrons. The number of para-hydroxylation sites is 2. The van der Waals surface area contributed by atoms with Gasteiger partial charge >= 0.3 is 0 Å². The predicted molar refractivity (Wildman–Crippen MR) is 69.1 cm³/mol. The average molecular weight is 236 g/mol. The first-order valence-electron chi connectivity index (χ1n) is 5.63. The first kappa shape index (κ1) is 13.4. The number of carbonyl (C=O) groups excluding carboxylic acids is 1. The smallest absolute Gasteiger partial charge is 0.243 e. The molecular formula is C13H20N2O2. The highest BCUT2D eigenvalue weighted by molar-refractivity contribution is 5.88. The van der Waals surface area contributed by atoms with Crippen molar-refractivity contribution in [2.75, 3.05) is 12.4 Å². The van der Waals surface area contributed by atoms with Crippen molar-refractivity contribution in [1.29, 1.82) is 0 Å². The molecule has 1 aromatic rings. The monoisotopic (exact) mass is 236 g/mol. The lowest BCUT2D eigenvalue weighted by molar-refractivity contribution is -0.123. The number of amides is 1. The van der Waals surface area contributed by atoms with E-state index >= 15 is 0 Å². The maximum absolute atomic E-state index is 11.6. The largest absolute Gasteiger partial charge is 0.495 e. The molecule has 3 N–H and O–H groups in total. The molecule has 0 aliphatic heterocycles. The number of benzene rings is 1. The van der Waals surface area contributed by atoms with Gasteiger partial charge in [0.05, 0.1) is 12.8 Å². The number of rotatable bonds is 5. The predicted octanol–water partition coefficient (Wildman–Crippen LogP) is 2.01. The molecule has 0 radical (unpaired) electrons. The van der Waals surface area contributed by atoms with Crippen molar-refractivity contribution in [3.63, 3.8) is 0 Å². The Hall–Kier alpha value is -1.71. The van der Waals surface area contributed by atoms with E-state index in [1.165, 1.54) is 0 Å². The normalized spacial score (nSPS) is 14.2. The standard InChI is InChI=1S/C13H20N2O2/c1-9(2)13(3,12(14)16)15-10-7-5-6-8-11(10)17-4/h5-9,15H,1-4H3,(H2,14,16). The van der Waals surface area contributed by atoms with E-state index in [1.807, 2.05) is 38.1 Å². The van der Waals surface area contributed by atoms with Gasteiger partial charge in [-0.3, -0.25) is 4.79 Å². The van der Waals surface area contributed by atoms with Crippen LogP contribution >= 0.6 is 0 Å². The first-order valence-corrected chi connectivity index (χ1v) is 5.63. The summed E-state index contributed by atoms with van der Waals surface area (Å²) < 4.78 is 5.24. The summed E-state index contributed by atoms with van der Waals surface area (Å²) in [6.07, 6.45) is 0. The maximum atomic E-state index is 11.6. The fourth-order valence-corrected chi connectivity index (χ4v) is 1.52. The first-order chi connectivity index (χ1) is 7.91. The molecule has 0 saturated heterocycles. The van der Waals surface area contributed by atoms with Crippen molar-refractivity contribution < 1.29 is 9.53 Å². The Bertz CT molecular complexity index is 404. The molecule has 4 nitrogen and oxygen atoms in total. The van der Waals surface area contributed by atoms with Gasteiger partial charge < -0.3 is 15.8 Å². The van der Waals surface area contributed by atoms with Crippen LogP contribution in [0.4, 0.5) is 5.69 Å². The number of methoxy groups -OCH3 is 1. The summed E-state index contributed by atoms with van der Waals surface area (Å²) in [5.74, 6) is 0.393. The van der Waals surface area contributed by atoms with Gasteiger partial charge in [0.1, 0.15) is 11.3 Å². The summed E-state index contributed by atoms with van der Waals surface area (Å²) >= 11 is 0. The number of ether oxygens (including phenoxy) is 1. The van der Waals surface area contributed by atoms with Crippen LogP contribution in [-0.2, 0) is 4.79 Å². The summed E-state index contributed by atoms with van der Waals surface area (Å²) in [5, 5.41) is 3.17. The highest BCUT2D eigenvalue weighted by Gasteiger charge is 2.35. The fraction of sp³-hybridized carbons (Fsp3) is 0.462. The van der Waals surface area contributed by atoms with Gasteiger partial charge in [0.2, 0.25) is 5.91 Å². The highest BCUT2D eigenvalue weighted by atomic mass is 16.5. The second kappa shape index (κ2) is 5.08. The van der Waals surface area contributed by atoms with Gasteiger partial charge in [-0.2, -0.15) is 0 Å². The minimum absolute atomic E-state index is 0.0740. The molecule has 1 rings (SSSR count). The van der Waals surface area contributed by atoms with Gasteiger partial charge in [0.15, 0.2) is 0 Å². The number of nitrogens with two attached hydrogens (primary N) is 1. The third kappa shape index (κ3) is 2.70. The number of carbonyl (C=O) groups is 1. The zero-order valence-corrected chi connectivity index (χ0v) is 10.8. The van der Waals surface area contributed by atoms with Gasteiger partial charge in [0.25, 0.3) is 0 Å². The molecule has 0 spiro atoms.